The third-order valence-electron chi connectivity index (χ3n) is 2.21. The molecule has 0 aliphatic rings. The van der Waals surface area contributed by atoms with E-state index in [0.29, 0.717) is 5.69 Å². The fourth-order valence-electron chi connectivity index (χ4n) is 1.56. The number of anilines is 1. The number of nitrogen functional groups attached to an aromatic ring is 1. The molecule has 2 rings (SSSR count). The van der Waals surface area contributed by atoms with Crippen LogP contribution in [0.1, 0.15) is 12.7 Å². The van der Waals surface area contributed by atoms with Crippen molar-refractivity contribution < 1.29 is 0 Å². The van der Waals surface area contributed by atoms with Crippen molar-refractivity contribution in [2.45, 2.75) is 13.3 Å². The van der Waals surface area contributed by atoms with E-state index in [2.05, 4.69) is 16.9 Å². The van der Waals surface area contributed by atoms with Gasteiger partial charge in [-0.3, -0.25) is 4.98 Å². The van der Waals surface area contributed by atoms with Crippen molar-refractivity contribution in [3.8, 4) is 0 Å². The molecule has 0 aliphatic carbocycles. The average Bonchev–Trinajstić information content (AvgIpc) is 2.44. The van der Waals surface area contributed by atoms with E-state index in [9.17, 15) is 0 Å². The van der Waals surface area contributed by atoms with Gasteiger partial charge in [-0.05, 0) is 0 Å². The molecule has 0 saturated heterocycles. The van der Waals surface area contributed by atoms with Gasteiger partial charge in [0, 0.05) is 13.5 Å². The molecule has 0 saturated carbocycles. The first-order valence-corrected chi connectivity index (χ1v) is 4.28. The first-order valence-electron chi connectivity index (χ1n) is 4.28. The summed E-state index contributed by atoms with van der Waals surface area (Å²) in [5.74, 6) is 1.04. The number of aryl methyl sites for hydroxylation is 2. The van der Waals surface area contributed by atoms with E-state index in [0.717, 1.165) is 23.3 Å². The molecule has 0 aromatic carbocycles. The van der Waals surface area contributed by atoms with Crippen LogP contribution in [0.2, 0.25) is 0 Å². The molecule has 0 atom stereocenters. The summed E-state index contributed by atoms with van der Waals surface area (Å²) < 4.78 is 2.02. The maximum absolute atomic E-state index is 5.80. The smallest absolute Gasteiger partial charge is 0.109 e. The number of fused-ring (bicyclic) bond motifs is 1. The summed E-state index contributed by atoms with van der Waals surface area (Å²) in [6.07, 6.45) is 4.30. The Balaban J connectivity index is 2.85. The van der Waals surface area contributed by atoms with Gasteiger partial charge in [0.1, 0.15) is 11.3 Å². The monoisotopic (exact) mass is 176 g/mol. The van der Waals surface area contributed by atoms with Crippen LogP contribution in [0.3, 0.4) is 0 Å². The molecule has 2 heterocycles. The van der Waals surface area contributed by atoms with Crippen LogP contribution in [0.4, 0.5) is 5.69 Å². The molecular weight excluding hydrogens is 164 g/mol. The number of rotatable bonds is 1. The van der Waals surface area contributed by atoms with Gasteiger partial charge in [0.2, 0.25) is 0 Å². The molecule has 0 aliphatic heterocycles. The summed E-state index contributed by atoms with van der Waals surface area (Å²) in [5, 5.41) is 0. The van der Waals surface area contributed by atoms with Crippen molar-refractivity contribution in [2.75, 3.05) is 5.73 Å². The lowest BCUT2D eigenvalue weighted by molar-refractivity contribution is 0.829. The standard InChI is InChI=1S/C9H12N4/c1-3-8-12-7-5-11-4-6(10)9(7)13(8)2/h4-5H,3,10H2,1-2H3. The topological polar surface area (TPSA) is 56.7 Å². The van der Waals surface area contributed by atoms with Crippen LogP contribution in [-0.2, 0) is 13.5 Å². The van der Waals surface area contributed by atoms with Crippen molar-refractivity contribution in [3.63, 3.8) is 0 Å². The highest BCUT2D eigenvalue weighted by Gasteiger charge is 2.08. The van der Waals surface area contributed by atoms with Crippen LogP contribution in [-0.4, -0.2) is 14.5 Å². The van der Waals surface area contributed by atoms with Crippen LogP contribution in [0.5, 0.6) is 0 Å². The molecule has 0 fully saturated rings. The van der Waals surface area contributed by atoms with Crippen molar-refractivity contribution in [1.29, 1.82) is 0 Å². The lowest BCUT2D eigenvalue weighted by Crippen LogP contribution is -1.97. The highest BCUT2D eigenvalue weighted by Crippen LogP contribution is 2.19. The third kappa shape index (κ3) is 1.06. The zero-order chi connectivity index (χ0) is 9.42. The van der Waals surface area contributed by atoms with Gasteiger partial charge in [-0.25, -0.2) is 4.98 Å². The second kappa shape index (κ2) is 2.73. The van der Waals surface area contributed by atoms with Crippen molar-refractivity contribution in [1.82, 2.24) is 14.5 Å². The number of nitrogens with zero attached hydrogens (tertiary/aromatic N) is 3. The predicted octanol–water partition coefficient (Wildman–Crippen LogP) is 1.11. The van der Waals surface area contributed by atoms with Crippen molar-refractivity contribution in [3.05, 3.63) is 18.2 Å². The number of hydrogen-bond acceptors (Lipinski definition) is 3. The summed E-state index contributed by atoms with van der Waals surface area (Å²) in [4.78, 5) is 8.41. The van der Waals surface area contributed by atoms with Crippen LogP contribution < -0.4 is 5.73 Å². The Morgan fingerprint density at radius 2 is 2.23 bits per heavy atom. The second-order valence-corrected chi connectivity index (χ2v) is 3.04. The van der Waals surface area contributed by atoms with Crippen LogP contribution in [0.25, 0.3) is 11.0 Å². The summed E-state index contributed by atoms with van der Waals surface area (Å²) in [6.45, 7) is 2.07. The first kappa shape index (κ1) is 8.04. The van der Waals surface area contributed by atoms with Crippen molar-refractivity contribution in [2.24, 2.45) is 7.05 Å². The number of hydrogen-bond donors (Lipinski definition) is 1. The maximum atomic E-state index is 5.80. The quantitative estimate of drug-likeness (QED) is 0.708. The molecule has 0 unspecified atom stereocenters. The van der Waals surface area contributed by atoms with Gasteiger partial charge in [-0.1, -0.05) is 6.92 Å². The average molecular weight is 176 g/mol. The molecule has 13 heavy (non-hydrogen) atoms. The number of imidazole rings is 1. The van der Waals surface area contributed by atoms with Crippen molar-refractivity contribution >= 4 is 16.7 Å². The second-order valence-electron chi connectivity index (χ2n) is 3.04. The van der Waals surface area contributed by atoms with E-state index >= 15 is 0 Å². The maximum Gasteiger partial charge on any atom is 0.109 e. The Labute approximate surface area is 76.4 Å². The molecule has 4 nitrogen and oxygen atoms in total. The lowest BCUT2D eigenvalue weighted by atomic mass is 10.3. The lowest BCUT2D eigenvalue weighted by Gasteiger charge is -2.00. The zero-order valence-corrected chi connectivity index (χ0v) is 7.78. The van der Waals surface area contributed by atoms with Crippen LogP contribution in [0, 0.1) is 0 Å². The molecule has 0 spiro atoms. The minimum atomic E-state index is 0.687. The molecule has 0 radical (unpaired) electrons. The summed E-state index contributed by atoms with van der Waals surface area (Å²) in [7, 11) is 1.98. The molecule has 0 bridgehead atoms. The normalized spacial score (nSPS) is 10.9. The molecule has 4 heteroatoms. The van der Waals surface area contributed by atoms with E-state index in [1.54, 1.807) is 12.4 Å². The fraction of sp³-hybridized carbons (Fsp3) is 0.333. The van der Waals surface area contributed by atoms with E-state index < -0.39 is 0 Å². The highest BCUT2D eigenvalue weighted by atomic mass is 15.1. The fourth-order valence-corrected chi connectivity index (χ4v) is 1.56. The molecular formula is C9H12N4. The Morgan fingerprint density at radius 1 is 1.46 bits per heavy atom. The SMILES string of the molecule is CCc1nc2cncc(N)c2n1C. The molecule has 0 amide bonds. The van der Waals surface area contributed by atoms with Gasteiger partial charge in [0.25, 0.3) is 0 Å². The summed E-state index contributed by atoms with van der Waals surface area (Å²) in [5.41, 5.74) is 8.34. The van der Waals surface area contributed by atoms with Crippen LogP contribution >= 0.6 is 0 Å². The Hall–Kier alpha value is -1.58. The molecule has 2 aromatic heterocycles. The summed E-state index contributed by atoms with van der Waals surface area (Å²) in [6, 6.07) is 0. The van der Waals surface area contributed by atoms with Gasteiger partial charge in [-0.15, -0.1) is 0 Å². The largest absolute Gasteiger partial charge is 0.396 e. The third-order valence-corrected chi connectivity index (χ3v) is 2.21. The molecule has 2 N–H and O–H groups in total. The minimum absolute atomic E-state index is 0.687. The Kier molecular flexibility index (Phi) is 1.69. The van der Waals surface area contributed by atoms with E-state index in [-0.39, 0.29) is 0 Å². The molecule has 2 aromatic rings. The minimum Gasteiger partial charge on any atom is -0.396 e. The van der Waals surface area contributed by atoms with Gasteiger partial charge >= 0.3 is 0 Å². The van der Waals surface area contributed by atoms with Gasteiger partial charge in [0.15, 0.2) is 0 Å². The predicted molar refractivity (Wildman–Crippen MR) is 52.3 cm³/mol. The molecule has 68 valence electrons. The first-order chi connectivity index (χ1) is 6.24. The Bertz CT molecular complexity index is 444. The van der Waals surface area contributed by atoms with Gasteiger partial charge in [0.05, 0.1) is 23.6 Å². The zero-order valence-electron chi connectivity index (χ0n) is 7.78. The summed E-state index contributed by atoms with van der Waals surface area (Å²) >= 11 is 0. The number of pyridine rings is 1. The van der Waals surface area contributed by atoms with Gasteiger partial charge < -0.3 is 10.3 Å². The van der Waals surface area contributed by atoms with E-state index in [4.69, 9.17) is 5.73 Å². The Morgan fingerprint density at radius 3 is 2.85 bits per heavy atom. The van der Waals surface area contributed by atoms with Crippen LogP contribution in [0.15, 0.2) is 12.4 Å². The number of aromatic nitrogens is 3. The van der Waals surface area contributed by atoms with E-state index in [1.165, 1.54) is 0 Å². The van der Waals surface area contributed by atoms with Gasteiger partial charge in [-0.2, -0.15) is 0 Å². The number of nitrogens with two attached hydrogens (primary N) is 1. The van der Waals surface area contributed by atoms with E-state index in [1.807, 2.05) is 11.6 Å². The highest BCUT2D eigenvalue weighted by molar-refractivity contribution is 5.86.